The van der Waals surface area contributed by atoms with Crippen molar-refractivity contribution in [3.63, 3.8) is 0 Å². The average Bonchev–Trinajstić information content (AvgIpc) is 2.95. The van der Waals surface area contributed by atoms with Crippen molar-refractivity contribution in [3.8, 4) is 0 Å². The minimum atomic E-state index is -0.259. The number of carbonyl (C=O) groups is 2. The van der Waals surface area contributed by atoms with Crippen LogP contribution in [-0.4, -0.2) is 54.6 Å². The van der Waals surface area contributed by atoms with Crippen molar-refractivity contribution < 1.29 is 14.3 Å². The highest BCUT2D eigenvalue weighted by molar-refractivity contribution is 7.12. The molecule has 7 nitrogen and oxygen atoms in total. The van der Waals surface area contributed by atoms with Gasteiger partial charge >= 0.3 is 6.09 Å². The van der Waals surface area contributed by atoms with E-state index in [2.05, 4.69) is 10.3 Å². The number of rotatable bonds is 4. The highest BCUT2D eigenvalue weighted by atomic mass is 32.1. The smallest absolute Gasteiger partial charge is 0.409 e. The number of nitrogens with two attached hydrogens (primary N) is 1. The lowest BCUT2D eigenvalue weighted by Gasteiger charge is -2.33. The minimum Gasteiger partial charge on any atom is -0.450 e. The van der Waals surface area contributed by atoms with Crippen molar-refractivity contribution in [2.24, 2.45) is 5.84 Å². The largest absolute Gasteiger partial charge is 0.450 e. The number of hydrogen-bond donors (Lipinski definition) is 2. The van der Waals surface area contributed by atoms with Gasteiger partial charge in [0.25, 0.3) is 5.91 Å². The van der Waals surface area contributed by atoms with Gasteiger partial charge in [-0.15, -0.1) is 11.3 Å². The van der Waals surface area contributed by atoms with Crippen molar-refractivity contribution in [2.45, 2.75) is 13.5 Å². The predicted molar refractivity (Wildman–Crippen MR) is 79.8 cm³/mol. The van der Waals surface area contributed by atoms with Crippen molar-refractivity contribution in [3.05, 3.63) is 21.9 Å². The van der Waals surface area contributed by atoms with Crippen LogP contribution in [0, 0.1) is 0 Å². The van der Waals surface area contributed by atoms with Gasteiger partial charge in [0.2, 0.25) is 0 Å². The van der Waals surface area contributed by atoms with E-state index in [-0.39, 0.29) is 12.0 Å². The summed E-state index contributed by atoms with van der Waals surface area (Å²) in [6.07, 6.45) is -0.254. The molecule has 0 aromatic carbocycles. The normalized spacial score (nSPS) is 15.8. The number of piperazine rings is 1. The molecule has 0 unspecified atom stereocenters. The van der Waals surface area contributed by atoms with Crippen molar-refractivity contribution in [1.82, 2.24) is 15.2 Å². The standard InChI is InChI=1S/C13H20N4O3S/c1-2-20-13(19)17-6-4-16(5-7-17)9-10-3-8-21-11(10)12(18)15-14/h3,8H,2,4-7,9,14H2,1H3,(H,15,18). The molecule has 1 aliphatic rings. The number of nitrogen functional groups attached to an aromatic ring is 1. The number of thiophene rings is 1. The van der Waals surface area contributed by atoms with Crippen LogP contribution in [0.3, 0.4) is 0 Å². The maximum atomic E-state index is 11.6. The van der Waals surface area contributed by atoms with Crippen LogP contribution in [-0.2, 0) is 11.3 Å². The third-order valence-corrected chi connectivity index (χ3v) is 4.33. The van der Waals surface area contributed by atoms with Crippen LogP contribution in [0.15, 0.2) is 11.4 Å². The Morgan fingerprint density at radius 2 is 2.10 bits per heavy atom. The molecule has 2 rings (SSSR count). The lowest BCUT2D eigenvalue weighted by atomic mass is 10.2. The van der Waals surface area contributed by atoms with E-state index in [1.165, 1.54) is 11.3 Å². The molecule has 1 aromatic rings. The van der Waals surface area contributed by atoms with Crippen LogP contribution in [0.5, 0.6) is 0 Å². The van der Waals surface area contributed by atoms with E-state index in [1.807, 2.05) is 11.4 Å². The molecule has 1 saturated heterocycles. The van der Waals surface area contributed by atoms with Gasteiger partial charge in [-0.3, -0.25) is 15.1 Å². The molecule has 0 aliphatic carbocycles. The van der Waals surface area contributed by atoms with Crippen LogP contribution >= 0.6 is 11.3 Å². The molecule has 0 bridgehead atoms. The highest BCUT2D eigenvalue weighted by Gasteiger charge is 2.23. The molecular weight excluding hydrogens is 292 g/mol. The van der Waals surface area contributed by atoms with E-state index in [1.54, 1.807) is 11.8 Å². The van der Waals surface area contributed by atoms with E-state index in [0.29, 0.717) is 31.1 Å². The van der Waals surface area contributed by atoms with Crippen LogP contribution in [0.4, 0.5) is 4.79 Å². The van der Waals surface area contributed by atoms with Gasteiger partial charge in [0.15, 0.2) is 0 Å². The molecule has 1 fully saturated rings. The second kappa shape index (κ2) is 7.39. The monoisotopic (exact) mass is 312 g/mol. The van der Waals surface area contributed by atoms with Gasteiger partial charge in [-0.05, 0) is 23.9 Å². The second-order valence-electron chi connectivity index (χ2n) is 4.71. The lowest BCUT2D eigenvalue weighted by Crippen LogP contribution is -2.48. The van der Waals surface area contributed by atoms with Crippen LogP contribution in [0.25, 0.3) is 0 Å². The fourth-order valence-electron chi connectivity index (χ4n) is 2.27. The SMILES string of the molecule is CCOC(=O)N1CCN(Cc2ccsc2C(=O)NN)CC1. The van der Waals surface area contributed by atoms with Gasteiger partial charge in [-0.1, -0.05) is 0 Å². The van der Waals surface area contributed by atoms with Crippen molar-refractivity contribution in [2.75, 3.05) is 32.8 Å². The summed E-state index contributed by atoms with van der Waals surface area (Å²) >= 11 is 1.38. The van der Waals surface area contributed by atoms with Gasteiger partial charge in [-0.2, -0.15) is 0 Å². The molecule has 1 aliphatic heterocycles. The number of nitrogens with one attached hydrogen (secondary N) is 1. The summed E-state index contributed by atoms with van der Waals surface area (Å²) in [6, 6.07) is 1.94. The highest BCUT2D eigenvalue weighted by Crippen LogP contribution is 2.19. The van der Waals surface area contributed by atoms with Gasteiger partial charge in [0.1, 0.15) is 0 Å². The third kappa shape index (κ3) is 3.93. The van der Waals surface area contributed by atoms with E-state index in [0.717, 1.165) is 18.7 Å². The summed E-state index contributed by atoms with van der Waals surface area (Å²) in [5.74, 6) is 4.92. The molecular formula is C13H20N4O3S. The molecule has 8 heteroatoms. The first kappa shape index (κ1) is 15.7. The number of nitrogens with zero attached hydrogens (tertiary/aromatic N) is 2. The predicted octanol–water partition coefficient (Wildman–Crippen LogP) is 0.626. The fourth-order valence-corrected chi connectivity index (χ4v) is 3.09. The van der Waals surface area contributed by atoms with Gasteiger partial charge in [-0.25, -0.2) is 10.6 Å². The first-order valence-electron chi connectivity index (χ1n) is 6.87. The molecule has 0 radical (unpaired) electrons. The number of carbonyl (C=O) groups excluding carboxylic acids is 2. The lowest BCUT2D eigenvalue weighted by molar-refractivity contribution is 0.0778. The summed E-state index contributed by atoms with van der Waals surface area (Å²) < 4.78 is 4.99. The topological polar surface area (TPSA) is 87.9 Å². The first-order valence-corrected chi connectivity index (χ1v) is 7.75. The summed E-state index contributed by atoms with van der Waals surface area (Å²) in [7, 11) is 0. The Labute approximate surface area is 127 Å². The molecule has 0 saturated carbocycles. The quantitative estimate of drug-likeness (QED) is 0.483. The van der Waals surface area contributed by atoms with Crippen molar-refractivity contribution in [1.29, 1.82) is 0 Å². The Morgan fingerprint density at radius 3 is 2.71 bits per heavy atom. The zero-order valence-electron chi connectivity index (χ0n) is 12.0. The maximum absolute atomic E-state index is 11.6. The number of amides is 2. The Bertz CT molecular complexity index is 497. The zero-order valence-corrected chi connectivity index (χ0v) is 12.8. The van der Waals surface area contributed by atoms with Crippen LogP contribution < -0.4 is 11.3 Å². The average molecular weight is 312 g/mol. The van der Waals surface area contributed by atoms with E-state index in [9.17, 15) is 9.59 Å². The van der Waals surface area contributed by atoms with Gasteiger partial charge in [0, 0.05) is 32.7 Å². The fraction of sp³-hybridized carbons (Fsp3) is 0.538. The number of ether oxygens (including phenoxy) is 1. The maximum Gasteiger partial charge on any atom is 0.409 e. The summed E-state index contributed by atoms with van der Waals surface area (Å²) in [4.78, 5) is 27.8. The number of hydrazine groups is 1. The van der Waals surface area contributed by atoms with E-state index >= 15 is 0 Å². The summed E-state index contributed by atoms with van der Waals surface area (Å²) in [5.41, 5.74) is 3.13. The van der Waals surface area contributed by atoms with E-state index < -0.39 is 0 Å². The molecule has 2 heterocycles. The Balaban J connectivity index is 1.88. The minimum absolute atomic E-state index is 0.254. The summed E-state index contributed by atoms with van der Waals surface area (Å²) in [5, 5.41) is 1.88. The molecule has 3 N–H and O–H groups in total. The van der Waals surface area contributed by atoms with Gasteiger partial charge < -0.3 is 9.64 Å². The Kier molecular flexibility index (Phi) is 5.54. The van der Waals surface area contributed by atoms with E-state index in [4.69, 9.17) is 10.6 Å². The third-order valence-electron chi connectivity index (χ3n) is 3.38. The molecule has 0 atom stereocenters. The van der Waals surface area contributed by atoms with Crippen LogP contribution in [0.1, 0.15) is 22.2 Å². The molecule has 2 amide bonds. The van der Waals surface area contributed by atoms with Crippen LogP contribution in [0.2, 0.25) is 0 Å². The second-order valence-corrected chi connectivity index (χ2v) is 5.63. The van der Waals surface area contributed by atoms with Gasteiger partial charge in [0.05, 0.1) is 11.5 Å². The van der Waals surface area contributed by atoms with Crippen molar-refractivity contribution >= 4 is 23.3 Å². The molecule has 0 spiro atoms. The molecule has 1 aromatic heterocycles. The Hall–Kier alpha value is -1.64. The summed E-state index contributed by atoms with van der Waals surface area (Å²) in [6.45, 7) is 5.68. The first-order chi connectivity index (χ1) is 10.2. The Morgan fingerprint density at radius 1 is 1.38 bits per heavy atom. The number of hydrogen-bond acceptors (Lipinski definition) is 6. The zero-order chi connectivity index (χ0) is 15.2. The molecule has 116 valence electrons. The molecule has 21 heavy (non-hydrogen) atoms.